The van der Waals surface area contributed by atoms with Crippen LogP contribution in [0.25, 0.3) is 11.1 Å². The van der Waals surface area contributed by atoms with Gasteiger partial charge < -0.3 is 14.9 Å². The zero-order valence-corrected chi connectivity index (χ0v) is 22.4. The van der Waals surface area contributed by atoms with Crippen LogP contribution in [-0.4, -0.2) is 35.0 Å². The third-order valence-electron chi connectivity index (χ3n) is 9.27. The van der Waals surface area contributed by atoms with Gasteiger partial charge in [0.2, 0.25) is 0 Å². The molecule has 202 valence electrons. The van der Waals surface area contributed by atoms with E-state index >= 15 is 0 Å². The normalized spacial score (nSPS) is 28.4. The molecular formula is C34H42O4. The Morgan fingerprint density at radius 1 is 1.00 bits per heavy atom. The second-order valence-corrected chi connectivity index (χ2v) is 11.6. The molecular weight excluding hydrogens is 472 g/mol. The maximum atomic E-state index is 10.9. The Bertz CT molecular complexity index is 1100. The minimum absolute atomic E-state index is 0.0455. The van der Waals surface area contributed by atoms with E-state index in [-0.39, 0.29) is 30.0 Å². The minimum Gasteiger partial charge on any atom is -0.481 e. The number of rotatable bonds is 11. The molecule has 2 aromatic rings. The average molecular weight is 515 g/mol. The zero-order chi connectivity index (χ0) is 26.4. The van der Waals surface area contributed by atoms with Crippen molar-refractivity contribution in [2.75, 3.05) is 6.61 Å². The number of hydrogen-bond acceptors (Lipinski definition) is 3. The highest BCUT2D eigenvalue weighted by molar-refractivity contribution is 5.66. The Balaban J connectivity index is 1.36. The maximum absolute atomic E-state index is 10.9. The van der Waals surface area contributed by atoms with Gasteiger partial charge in [0, 0.05) is 17.8 Å². The Labute approximate surface area is 227 Å². The Morgan fingerprint density at radius 3 is 2.47 bits per heavy atom. The van der Waals surface area contributed by atoms with Gasteiger partial charge in [0.1, 0.15) is 0 Å². The Kier molecular flexibility index (Phi) is 8.81. The zero-order valence-electron chi connectivity index (χ0n) is 22.4. The fraction of sp³-hybridized carbons (Fsp3) is 0.500. The number of hydrogen-bond donors (Lipinski definition) is 2. The summed E-state index contributed by atoms with van der Waals surface area (Å²) in [5.74, 6) is 0.295. The molecule has 1 aliphatic heterocycles. The third kappa shape index (κ3) is 5.97. The van der Waals surface area contributed by atoms with Crippen LogP contribution in [0.15, 0.2) is 78.9 Å². The summed E-state index contributed by atoms with van der Waals surface area (Å²) in [6.07, 6.45) is 18.1. The topological polar surface area (TPSA) is 66.8 Å². The van der Waals surface area contributed by atoms with Crippen molar-refractivity contribution < 1.29 is 19.7 Å². The smallest absolute Gasteiger partial charge is 0.303 e. The van der Waals surface area contributed by atoms with Crippen molar-refractivity contribution in [1.29, 1.82) is 0 Å². The summed E-state index contributed by atoms with van der Waals surface area (Å²) in [5.41, 5.74) is 3.74. The molecule has 0 radical (unpaired) electrons. The van der Waals surface area contributed by atoms with E-state index in [4.69, 9.17) is 9.84 Å². The molecule has 38 heavy (non-hydrogen) atoms. The molecule has 2 aliphatic carbocycles. The number of carboxylic acids is 1. The molecule has 3 fully saturated rings. The van der Waals surface area contributed by atoms with Gasteiger partial charge in [-0.15, -0.1) is 0 Å². The van der Waals surface area contributed by atoms with Crippen molar-refractivity contribution in [3.8, 4) is 11.1 Å². The van der Waals surface area contributed by atoms with Gasteiger partial charge in [-0.2, -0.15) is 0 Å². The van der Waals surface area contributed by atoms with Crippen LogP contribution in [0.4, 0.5) is 0 Å². The predicted octanol–water partition coefficient (Wildman–Crippen LogP) is 7.32. The summed E-state index contributed by atoms with van der Waals surface area (Å²) in [7, 11) is 0. The molecule has 1 heterocycles. The molecule has 2 aromatic carbocycles. The molecule has 0 aromatic heterocycles. The van der Waals surface area contributed by atoms with E-state index < -0.39 is 5.97 Å². The van der Waals surface area contributed by atoms with Crippen molar-refractivity contribution in [3.05, 3.63) is 84.5 Å². The number of benzene rings is 2. The summed E-state index contributed by atoms with van der Waals surface area (Å²) in [6.45, 7) is 0.732. The molecule has 2 bridgehead atoms. The van der Waals surface area contributed by atoms with Gasteiger partial charge in [0.15, 0.2) is 0 Å². The molecule has 0 spiro atoms. The first-order valence-corrected chi connectivity index (χ1v) is 14.6. The van der Waals surface area contributed by atoms with Crippen LogP contribution < -0.4 is 0 Å². The lowest BCUT2D eigenvalue weighted by molar-refractivity contribution is -0.137. The first kappa shape index (κ1) is 26.9. The SMILES string of the molecule is O=C(O)CCCC=CC[C@H]1[C@H](C=C[C@@H](O)C2CCCCC2)[C@@H]2C[C@@]1(c1ccc(-c3ccccc3)cc1)CO2. The van der Waals surface area contributed by atoms with Gasteiger partial charge in [-0.25, -0.2) is 0 Å². The fourth-order valence-electron chi connectivity index (χ4n) is 7.15. The van der Waals surface area contributed by atoms with Crippen molar-refractivity contribution >= 4 is 5.97 Å². The van der Waals surface area contributed by atoms with Gasteiger partial charge in [0.05, 0.1) is 18.8 Å². The first-order chi connectivity index (χ1) is 18.6. The van der Waals surface area contributed by atoms with Crippen LogP contribution in [0, 0.1) is 17.8 Å². The highest BCUT2D eigenvalue weighted by Crippen LogP contribution is 2.57. The van der Waals surface area contributed by atoms with Crippen LogP contribution in [0.5, 0.6) is 0 Å². The molecule has 4 heteroatoms. The minimum atomic E-state index is -0.733. The van der Waals surface area contributed by atoms with E-state index in [0.29, 0.717) is 18.3 Å². The van der Waals surface area contributed by atoms with Crippen LogP contribution in [0.2, 0.25) is 0 Å². The Morgan fingerprint density at radius 2 is 1.74 bits per heavy atom. The second-order valence-electron chi connectivity index (χ2n) is 11.6. The summed E-state index contributed by atoms with van der Waals surface area (Å²) >= 11 is 0. The number of unbranched alkanes of at least 4 members (excludes halogenated alkanes) is 1. The largest absolute Gasteiger partial charge is 0.481 e. The molecule has 0 unspecified atom stereocenters. The number of allylic oxidation sites excluding steroid dienone is 2. The first-order valence-electron chi connectivity index (χ1n) is 14.6. The van der Waals surface area contributed by atoms with Crippen LogP contribution in [0.3, 0.4) is 0 Å². The van der Waals surface area contributed by atoms with Crippen LogP contribution in [0.1, 0.15) is 69.8 Å². The highest BCUT2D eigenvalue weighted by atomic mass is 16.5. The molecule has 2 N–H and O–H groups in total. The average Bonchev–Trinajstić information content (AvgIpc) is 3.53. The number of aliphatic carboxylic acids is 1. The molecule has 5 rings (SSSR count). The lowest BCUT2D eigenvalue weighted by Crippen LogP contribution is -2.39. The fourth-order valence-corrected chi connectivity index (χ4v) is 7.15. The second kappa shape index (κ2) is 12.4. The summed E-state index contributed by atoms with van der Waals surface area (Å²) in [4.78, 5) is 10.9. The Hall–Kier alpha value is -2.69. The molecule has 1 saturated heterocycles. The van der Waals surface area contributed by atoms with Gasteiger partial charge in [-0.05, 0) is 67.1 Å². The lowest BCUT2D eigenvalue weighted by Gasteiger charge is -2.38. The van der Waals surface area contributed by atoms with E-state index in [1.165, 1.54) is 36.0 Å². The molecule has 5 atom stereocenters. The highest BCUT2D eigenvalue weighted by Gasteiger charge is 2.58. The number of fused-ring (bicyclic) bond motifs is 2. The quantitative estimate of drug-likeness (QED) is 0.243. The van der Waals surface area contributed by atoms with E-state index in [0.717, 1.165) is 38.7 Å². The molecule has 4 nitrogen and oxygen atoms in total. The lowest BCUT2D eigenvalue weighted by atomic mass is 9.69. The maximum Gasteiger partial charge on any atom is 0.303 e. The molecule has 0 amide bonds. The van der Waals surface area contributed by atoms with Gasteiger partial charge in [0.25, 0.3) is 0 Å². The number of carboxylic acid groups (broad SMARTS) is 1. The van der Waals surface area contributed by atoms with E-state index in [1.807, 2.05) is 6.07 Å². The standard InChI is InChI=1S/C34H42O4/c35-31(27-13-7-4-8-14-27)22-21-29-30(15-9-1-2-10-16-33(36)37)34(23-32(29)38-24-34)28-19-17-26(18-20-28)25-11-5-3-6-12-25/h1,3,5-6,9,11-12,17-22,27,29-32,35H,2,4,7-8,10,13-16,23-24H2,(H,36,37)/t29-,30-,31+,32-,34-/m0/s1. The number of ether oxygens (including phenoxy) is 1. The summed E-state index contributed by atoms with van der Waals surface area (Å²) < 4.78 is 6.39. The van der Waals surface area contributed by atoms with Gasteiger partial charge in [-0.1, -0.05) is 98.2 Å². The van der Waals surface area contributed by atoms with E-state index in [2.05, 4.69) is 72.8 Å². The molecule has 3 aliphatic rings. The monoisotopic (exact) mass is 514 g/mol. The predicted molar refractivity (Wildman–Crippen MR) is 152 cm³/mol. The number of aliphatic hydroxyl groups excluding tert-OH is 1. The number of aliphatic hydroxyl groups is 1. The van der Waals surface area contributed by atoms with Gasteiger partial charge in [-0.3, -0.25) is 4.79 Å². The van der Waals surface area contributed by atoms with Crippen molar-refractivity contribution in [1.82, 2.24) is 0 Å². The van der Waals surface area contributed by atoms with E-state index in [1.54, 1.807) is 0 Å². The van der Waals surface area contributed by atoms with Crippen molar-refractivity contribution in [3.63, 3.8) is 0 Å². The summed E-state index contributed by atoms with van der Waals surface area (Å²) in [6, 6.07) is 19.5. The van der Waals surface area contributed by atoms with Crippen molar-refractivity contribution in [2.45, 2.75) is 81.8 Å². The third-order valence-corrected chi connectivity index (χ3v) is 9.27. The van der Waals surface area contributed by atoms with E-state index in [9.17, 15) is 9.90 Å². The number of carbonyl (C=O) groups is 1. The van der Waals surface area contributed by atoms with Crippen LogP contribution in [-0.2, 0) is 14.9 Å². The summed E-state index contributed by atoms with van der Waals surface area (Å²) in [5, 5.41) is 19.9. The molecule has 2 saturated carbocycles. The van der Waals surface area contributed by atoms with Crippen LogP contribution >= 0.6 is 0 Å². The van der Waals surface area contributed by atoms with Crippen molar-refractivity contribution in [2.24, 2.45) is 17.8 Å². The van der Waals surface area contributed by atoms with Gasteiger partial charge >= 0.3 is 5.97 Å².